The molecular weight excluding hydrogens is 338 g/mol. The van der Waals surface area contributed by atoms with Gasteiger partial charge in [-0.1, -0.05) is 25.8 Å². The average Bonchev–Trinajstić information content (AvgIpc) is 3.20. The van der Waals surface area contributed by atoms with Gasteiger partial charge in [0, 0.05) is 11.9 Å². The quantitative estimate of drug-likeness (QED) is 0.836. The molecule has 1 aromatic rings. The van der Waals surface area contributed by atoms with Gasteiger partial charge in [0.2, 0.25) is 5.91 Å². The van der Waals surface area contributed by atoms with Crippen LogP contribution in [0.1, 0.15) is 50.4 Å². The van der Waals surface area contributed by atoms with Gasteiger partial charge in [0.15, 0.2) is 0 Å². The van der Waals surface area contributed by atoms with Crippen LogP contribution in [-0.4, -0.2) is 46.8 Å². The number of carbonyl (C=O) groups is 3. The van der Waals surface area contributed by atoms with Gasteiger partial charge in [-0.25, -0.2) is 4.79 Å². The Morgan fingerprint density at radius 2 is 2.24 bits per heavy atom. The lowest BCUT2D eigenvalue weighted by Gasteiger charge is -2.36. The summed E-state index contributed by atoms with van der Waals surface area (Å²) in [5.41, 5.74) is -0.812. The van der Waals surface area contributed by atoms with Gasteiger partial charge in [0.1, 0.15) is 12.1 Å². The number of likely N-dealkylation sites (N-methyl/N-ethyl adjacent to an activating group) is 1. The number of hydrogen-bond donors (Lipinski definition) is 1. The Bertz CT molecular complexity index is 675. The van der Waals surface area contributed by atoms with E-state index < -0.39 is 11.6 Å². The van der Waals surface area contributed by atoms with Crippen LogP contribution < -0.4 is 5.32 Å². The van der Waals surface area contributed by atoms with E-state index in [9.17, 15) is 14.4 Å². The first-order valence-electron chi connectivity index (χ1n) is 8.80. The summed E-state index contributed by atoms with van der Waals surface area (Å²) in [6, 6.07) is 3.39. The highest BCUT2D eigenvalue weighted by Gasteiger charge is 2.55. The van der Waals surface area contributed by atoms with Crippen molar-refractivity contribution in [2.75, 3.05) is 13.6 Å². The Morgan fingerprint density at radius 3 is 2.88 bits per heavy atom. The summed E-state index contributed by atoms with van der Waals surface area (Å²) >= 11 is 1.58. The molecule has 3 unspecified atom stereocenters. The molecule has 1 spiro atoms. The Hall–Kier alpha value is -1.89. The van der Waals surface area contributed by atoms with Crippen LogP contribution in [0.15, 0.2) is 17.5 Å². The molecule has 3 atom stereocenters. The summed E-state index contributed by atoms with van der Waals surface area (Å²) in [5.74, 6) is -0.374. The van der Waals surface area contributed by atoms with Crippen molar-refractivity contribution in [1.82, 2.24) is 15.1 Å². The number of thiophene rings is 1. The van der Waals surface area contributed by atoms with Crippen LogP contribution in [0, 0.1) is 5.92 Å². The molecule has 0 radical (unpaired) electrons. The van der Waals surface area contributed by atoms with Crippen LogP contribution in [-0.2, 0) is 9.59 Å². The van der Waals surface area contributed by atoms with Gasteiger partial charge in [0.25, 0.3) is 5.91 Å². The van der Waals surface area contributed by atoms with Crippen LogP contribution in [0.3, 0.4) is 0 Å². The van der Waals surface area contributed by atoms with Crippen LogP contribution in [0.4, 0.5) is 4.79 Å². The molecule has 1 aliphatic heterocycles. The number of amides is 4. The molecule has 1 N–H and O–H groups in total. The van der Waals surface area contributed by atoms with Gasteiger partial charge in [-0.15, -0.1) is 11.3 Å². The second-order valence-electron chi connectivity index (χ2n) is 7.14. The van der Waals surface area contributed by atoms with E-state index in [-0.39, 0.29) is 30.3 Å². The van der Waals surface area contributed by atoms with E-state index in [2.05, 4.69) is 5.32 Å². The lowest BCUT2D eigenvalue weighted by Crippen LogP contribution is -2.54. The number of hydrogen-bond acceptors (Lipinski definition) is 4. The van der Waals surface area contributed by atoms with Gasteiger partial charge in [0.05, 0.1) is 6.04 Å². The Balaban J connectivity index is 1.71. The minimum Gasteiger partial charge on any atom is -0.337 e. The third-order valence-electron chi connectivity index (χ3n) is 5.72. The number of nitrogens with one attached hydrogen (secondary N) is 1. The highest BCUT2D eigenvalue weighted by molar-refractivity contribution is 7.10. The first-order valence-corrected chi connectivity index (χ1v) is 9.68. The van der Waals surface area contributed by atoms with Crippen molar-refractivity contribution < 1.29 is 14.4 Å². The summed E-state index contributed by atoms with van der Waals surface area (Å²) in [6.45, 7) is 3.75. The zero-order valence-electron chi connectivity index (χ0n) is 14.9. The van der Waals surface area contributed by atoms with Crippen LogP contribution in [0.25, 0.3) is 0 Å². The van der Waals surface area contributed by atoms with Crippen LogP contribution in [0.2, 0.25) is 0 Å². The molecule has 1 saturated carbocycles. The average molecular weight is 363 g/mol. The molecule has 7 heteroatoms. The predicted octanol–water partition coefficient (Wildman–Crippen LogP) is 2.77. The number of imide groups is 1. The second-order valence-corrected chi connectivity index (χ2v) is 8.11. The van der Waals surface area contributed by atoms with Crippen molar-refractivity contribution in [3.05, 3.63) is 22.4 Å². The predicted molar refractivity (Wildman–Crippen MR) is 96.1 cm³/mol. The fourth-order valence-electron chi connectivity index (χ4n) is 3.82. The maximum absolute atomic E-state index is 12.9. The first-order chi connectivity index (χ1) is 11.9. The lowest BCUT2D eigenvalue weighted by molar-refractivity contribution is -0.140. The molecule has 2 fully saturated rings. The molecule has 1 saturated heterocycles. The Morgan fingerprint density at radius 1 is 1.48 bits per heavy atom. The molecule has 1 aliphatic carbocycles. The van der Waals surface area contributed by atoms with Crippen molar-refractivity contribution in [2.45, 2.75) is 51.1 Å². The summed E-state index contributed by atoms with van der Waals surface area (Å²) < 4.78 is 0. The van der Waals surface area contributed by atoms with Crippen molar-refractivity contribution in [3.63, 3.8) is 0 Å². The van der Waals surface area contributed by atoms with Crippen LogP contribution >= 0.6 is 11.3 Å². The maximum atomic E-state index is 12.9. The third kappa shape index (κ3) is 3.05. The molecule has 25 heavy (non-hydrogen) atoms. The van der Waals surface area contributed by atoms with Gasteiger partial charge >= 0.3 is 6.03 Å². The maximum Gasteiger partial charge on any atom is 0.325 e. The molecule has 1 aromatic heterocycles. The first kappa shape index (κ1) is 17.9. The molecule has 3 rings (SSSR count). The highest BCUT2D eigenvalue weighted by Crippen LogP contribution is 2.38. The van der Waals surface area contributed by atoms with Crippen molar-refractivity contribution in [1.29, 1.82) is 0 Å². The normalized spacial score (nSPS) is 27.5. The Kier molecular flexibility index (Phi) is 4.86. The van der Waals surface area contributed by atoms with E-state index in [1.165, 1.54) is 0 Å². The zero-order valence-corrected chi connectivity index (χ0v) is 15.8. The molecular formula is C18H25N3O3S. The molecule has 6 nitrogen and oxygen atoms in total. The Labute approximate surface area is 152 Å². The van der Waals surface area contributed by atoms with Gasteiger partial charge in [-0.05, 0) is 37.1 Å². The van der Waals surface area contributed by atoms with E-state index in [0.717, 1.165) is 29.0 Å². The van der Waals surface area contributed by atoms with Crippen molar-refractivity contribution in [3.8, 4) is 0 Å². The number of rotatable bonds is 4. The van der Waals surface area contributed by atoms with E-state index >= 15 is 0 Å². The molecule has 4 amide bonds. The molecule has 2 aliphatic rings. The van der Waals surface area contributed by atoms with Gasteiger partial charge < -0.3 is 10.2 Å². The van der Waals surface area contributed by atoms with Gasteiger partial charge in [-0.2, -0.15) is 0 Å². The van der Waals surface area contributed by atoms with Crippen LogP contribution in [0.5, 0.6) is 0 Å². The molecule has 0 bridgehead atoms. The lowest BCUT2D eigenvalue weighted by atomic mass is 9.73. The summed E-state index contributed by atoms with van der Waals surface area (Å²) in [6.07, 6.45) is 3.58. The third-order valence-corrected chi connectivity index (χ3v) is 6.77. The standard InChI is InChI=1S/C18H25N3O3S/c1-12-7-4-5-9-18(12)16(23)21(17(24)19-18)11-15(22)20(3)13(2)14-8-6-10-25-14/h6,8,10,12-13H,4-5,7,9,11H2,1-3H3,(H,19,24). The summed E-state index contributed by atoms with van der Waals surface area (Å²) in [4.78, 5) is 41.7. The molecule has 2 heterocycles. The van der Waals surface area contributed by atoms with E-state index in [0.29, 0.717) is 6.42 Å². The highest BCUT2D eigenvalue weighted by atomic mass is 32.1. The number of urea groups is 1. The largest absolute Gasteiger partial charge is 0.337 e. The van der Waals surface area contributed by atoms with Gasteiger partial charge in [-0.3, -0.25) is 14.5 Å². The molecule has 136 valence electrons. The number of nitrogens with zero attached hydrogens (tertiary/aromatic N) is 2. The van der Waals surface area contributed by atoms with Crippen molar-refractivity contribution in [2.24, 2.45) is 5.92 Å². The zero-order chi connectivity index (χ0) is 18.2. The smallest absolute Gasteiger partial charge is 0.325 e. The summed E-state index contributed by atoms with van der Waals surface area (Å²) in [5, 5.41) is 4.86. The minimum atomic E-state index is -0.812. The molecule has 0 aromatic carbocycles. The second kappa shape index (κ2) is 6.78. The fourth-order valence-corrected chi connectivity index (χ4v) is 4.65. The summed E-state index contributed by atoms with van der Waals surface area (Å²) in [7, 11) is 1.71. The van der Waals surface area contributed by atoms with E-state index in [1.54, 1.807) is 23.3 Å². The van der Waals surface area contributed by atoms with E-state index in [1.807, 2.05) is 31.4 Å². The monoisotopic (exact) mass is 363 g/mol. The number of carbonyl (C=O) groups excluding carboxylic acids is 3. The minimum absolute atomic E-state index is 0.0872. The SMILES string of the molecule is CC(c1cccs1)N(C)C(=O)CN1C(=O)NC2(CCCCC2C)C1=O. The van der Waals surface area contributed by atoms with Crippen molar-refractivity contribution >= 4 is 29.2 Å². The van der Waals surface area contributed by atoms with E-state index in [4.69, 9.17) is 0 Å². The topological polar surface area (TPSA) is 69.7 Å². The fraction of sp³-hybridized carbons (Fsp3) is 0.611.